The molecule has 1 unspecified atom stereocenters. The van der Waals surface area contributed by atoms with Crippen molar-refractivity contribution < 1.29 is 0 Å². The van der Waals surface area contributed by atoms with Gasteiger partial charge in [-0.3, -0.25) is 0 Å². The molecule has 1 heteroatoms. The minimum atomic E-state index is 0.183. The van der Waals surface area contributed by atoms with Crippen molar-refractivity contribution in [1.82, 2.24) is 0 Å². The van der Waals surface area contributed by atoms with E-state index in [1.54, 1.807) is 0 Å². The van der Waals surface area contributed by atoms with Crippen LogP contribution < -0.4 is 0 Å². The minimum absolute atomic E-state index is 0.183. The summed E-state index contributed by atoms with van der Waals surface area (Å²) in [5.74, 6) is 0.730. The maximum Gasteiger partial charge on any atom is 0.0641 e. The van der Waals surface area contributed by atoms with Crippen molar-refractivity contribution in [2.75, 3.05) is 0 Å². The van der Waals surface area contributed by atoms with Gasteiger partial charge in [0.25, 0.3) is 0 Å². The molecule has 0 bridgehead atoms. The molecule has 0 amide bonds. The topological polar surface area (TPSA) is 0 Å². The summed E-state index contributed by atoms with van der Waals surface area (Å²) in [7, 11) is 0. The van der Waals surface area contributed by atoms with E-state index < -0.39 is 0 Å². The molecule has 0 N–H and O–H groups in total. The Labute approximate surface area is 136 Å². The number of hydrogen-bond acceptors (Lipinski definition) is 0. The molecule has 1 aromatic rings. The van der Waals surface area contributed by atoms with E-state index in [0.717, 1.165) is 5.92 Å². The first kappa shape index (κ1) is 16.9. The van der Waals surface area contributed by atoms with Crippen molar-refractivity contribution in [2.45, 2.75) is 77.5 Å². The zero-order chi connectivity index (χ0) is 15.3. The monoisotopic (exact) mass is 306 g/mol. The summed E-state index contributed by atoms with van der Waals surface area (Å²) >= 11 is 6.97. The molecular formula is C20H31Cl. The predicted octanol–water partition coefficient (Wildman–Crippen LogP) is 6.92. The second kappa shape index (κ2) is 7.68. The van der Waals surface area contributed by atoms with Gasteiger partial charge in [0.2, 0.25) is 0 Å². The van der Waals surface area contributed by atoms with Crippen LogP contribution in [0.2, 0.25) is 0 Å². The fourth-order valence-electron chi connectivity index (χ4n) is 4.04. The number of halogens is 1. The normalized spacial score (nSPS) is 19.1. The van der Waals surface area contributed by atoms with Crippen LogP contribution in [0.15, 0.2) is 24.3 Å². The lowest BCUT2D eigenvalue weighted by molar-refractivity contribution is 0.223. The molecule has 21 heavy (non-hydrogen) atoms. The molecule has 0 radical (unpaired) electrons. The highest BCUT2D eigenvalue weighted by Gasteiger charge is 2.41. The maximum absolute atomic E-state index is 6.97. The molecule has 1 atom stereocenters. The van der Waals surface area contributed by atoms with Gasteiger partial charge in [-0.1, -0.05) is 64.3 Å². The van der Waals surface area contributed by atoms with E-state index in [1.165, 1.54) is 62.5 Å². The number of hydrogen-bond donors (Lipinski definition) is 0. The average molecular weight is 307 g/mol. The summed E-state index contributed by atoms with van der Waals surface area (Å²) in [5.41, 5.74) is 3.12. The standard InChI is InChI=1S/C20H31Cl/c1-4-5-8-17-9-11-18(12-10-17)19(21)20(15-16(2)3)13-6-7-14-20/h9-12,16,19H,4-8,13-15H2,1-3H3. The molecule has 118 valence electrons. The second-order valence-corrected chi connectivity index (χ2v) is 7.81. The van der Waals surface area contributed by atoms with Crippen molar-refractivity contribution in [1.29, 1.82) is 0 Å². The summed E-state index contributed by atoms with van der Waals surface area (Å²) in [4.78, 5) is 0. The Balaban J connectivity index is 2.11. The molecule has 0 aromatic heterocycles. The third-order valence-electron chi connectivity index (χ3n) is 5.04. The van der Waals surface area contributed by atoms with Crippen LogP contribution in [0.25, 0.3) is 0 Å². The average Bonchev–Trinajstić information content (AvgIpc) is 2.93. The first-order valence-electron chi connectivity index (χ1n) is 8.80. The molecule has 0 saturated heterocycles. The van der Waals surface area contributed by atoms with Gasteiger partial charge in [-0.15, -0.1) is 11.6 Å². The lowest BCUT2D eigenvalue weighted by Gasteiger charge is -2.36. The first-order valence-corrected chi connectivity index (χ1v) is 9.24. The predicted molar refractivity (Wildman–Crippen MR) is 94.0 cm³/mol. The SMILES string of the molecule is CCCCc1ccc(C(Cl)C2(CC(C)C)CCCC2)cc1. The fourth-order valence-corrected chi connectivity index (χ4v) is 4.49. The van der Waals surface area contributed by atoms with Crippen LogP contribution in [0.3, 0.4) is 0 Å². The van der Waals surface area contributed by atoms with Crippen LogP contribution in [-0.4, -0.2) is 0 Å². The molecular weight excluding hydrogens is 276 g/mol. The zero-order valence-electron chi connectivity index (χ0n) is 14.0. The van der Waals surface area contributed by atoms with E-state index in [9.17, 15) is 0 Å². The van der Waals surface area contributed by atoms with Gasteiger partial charge in [0.05, 0.1) is 5.38 Å². The molecule has 0 aliphatic heterocycles. The molecule has 1 aliphatic rings. The van der Waals surface area contributed by atoms with E-state index >= 15 is 0 Å². The van der Waals surface area contributed by atoms with E-state index in [-0.39, 0.29) is 5.38 Å². The van der Waals surface area contributed by atoms with E-state index in [4.69, 9.17) is 11.6 Å². The van der Waals surface area contributed by atoms with E-state index in [0.29, 0.717) is 5.41 Å². The van der Waals surface area contributed by atoms with Crippen molar-refractivity contribution >= 4 is 11.6 Å². The van der Waals surface area contributed by atoms with Crippen molar-refractivity contribution in [3.63, 3.8) is 0 Å². The van der Waals surface area contributed by atoms with Gasteiger partial charge < -0.3 is 0 Å². The number of alkyl halides is 1. The lowest BCUT2D eigenvalue weighted by atomic mass is 9.73. The number of rotatable bonds is 7. The zero-order valence-corrected chi connectivity index (χ0v) is 14.8. The Morgan fingerprint density at radius 1 is 1.10 bits per heavy atom. The van der Waals surface area contributed by atoms with E-state index in [1.807, 2.05) is 0 Å². The Morgan fingerprint density at radius 2 is 1.71 bits per heavy atom. The molecule has 1 aliphatic carbocycles. The largest absolute Gasteiger partial charge is 0.117 e. The Morgan fingerprint density at radius 3 is 2.24 bits per heavy atom. The summed E-state index contributed by atoms with van der Waals surface area (Å²) in [5, 5.41) is 0.183. The number of aryl methyl sites for hydroxylation is 1. The molecule has 1 aromatic carbocycles. The third-order valence-corrected chi connectivity index (χ3v) is 5.76. The molecule has 0 nitrogen and oxygen atoms in total. The van der Waals surface area contributed by atoms with Gasteiger partial charge >= 0.3 is 0 Å². The van der Waals surface area contributed by atoms with Crippen LogP contribution in [0.1, 0.15) is 82.2 Å². The quantitative estimate of drug-likeness (QED) is 0.480. The molecule has 0 heterocycles. The smallest absolute Gasteiger partial charge is 0.0641 e. The number of benzene rings is 1. The van der Waals surface area contributed by atoms with Crippen molar-refractivity contribution in [3.8, 4) is 0 Å². The number of unbranched alkanes of at least 4 members (excludes halogenated alkanes) is 1. The van der Waals surface area contributed by atoms with Gasteiger partial charge in [0.15, 0.2) is 0 Å². The third kappa shape index (κ3) is 4.25. The fraction of sp³-hybridized carbons (Fsp3) is 0.700. The second-order valence-electron chi connectivity index (χ2n) is 7.38. The highest BCUT2D eigenvalue weighted by atomic mass is 35.5. The summed E-state index contributed by atoms with van der Waals surface area (Å²) in [6.45, 7) is 6.91. The van der Waals surface area contributed by atoms with Gasteiger partial charge in [0.1, 0.15) is 0 Å². The first-order chi connectivity index (χ1) is 10.1. The summed E-state index contributed by atoms with van der Waals surface area (Å²) in [6.07, 6.45) is 10.3. The van der Waals surface area contributed by atoms with Gasteiger partial charge in [-0.2, -0.15) is 0 Å². The summed E-state index contributed by atoms with van der Waals surface area (Å²) in [6, 6.07) is 9.14. The molecule has 2 rings (SSSR count). The van der Waals surface area contributed by atoms with Crippen LogP contribution in [-0.2, 0) is 6.42 Å². The molecule has 1 saturated carbocycles. The van der Waals surface area contributed by atoms with Gasteiger partial charge in [0, 0.05) is 0 Å². The minimum Gasteiger partial charge on any atom is -0.117 e. The summed E-state index contributed by atoms with van der Waals surface area (Å²) < 4.78 is 0. The molecule has 1 fully saturated rings. The Bertz CT molecular complexity index is 412. The lowest BCUT2D eigenvalue weighted by Crippen LogP contribution is -2.24. The van der Waals surface area contributed by atoms with E-state index in [2.05, 4.69) is 45.0 Å². The molecule has 0 spiro atoms. The van der Waals surface area contributed by atoms with Crippen molar-refractivity contribution in [2.24, 2.45) is 11.3 Å². The highest BCUT2D eigenvalue weighted by Crippen LogP contribution is 2.54. The maximum atomic E-state index is 6.97. The van der Waals surface area contributed by atoms with Crippen LogP contribution in [0.4, 0.5) is 0 Å². The van der Waals surface area contributed by atoms with Crippen molar-refractivity contribution in [3.05, 3.63) is 35.4 Å². The van der Waals surface area contributed by atoms with Crippen LogP contribution >= 0.6 is 11.6 Å². The van der Waals surface area contributed by atoms with Gasteiger partial charge in [-0.05, 0) is 54.6 Å². The van der Waals surface area contributed by atoms with Gasteiger partial charge in [-0.25, -0.2) is 0 Å². The van der Waals surface area contributed by atoms with Crippen LogP contribution in [0.5, 0.6) is 0 Å². The Kier molecular flexibility index (Phi) is 6.17. The Hall–Kier alpha value is -0.490. The van der Waals surface area contributed by atoms with Crippen LogP contribution in [0, 0.1) is 11.3 Å². The highest BCUT2D eigenvalue weighted by molar-refractivity contribution is 6.21.